The molecule has 0 saturated heterocycles. The second-order valence-electron chi connectivity index (χ2n) is 7.71. The molecule has 0 unspecified atom stereocenters. The van der Waals surface area contributed by atoms with Crippen molar-refractivity contribution in [1.82, 2.24) is 10.6 Å². The molecule has 2 aromatic rings. The van der Waals surface area contributed by atoms with Crippen molar-refractivity contribution >= 4 is 12.1 Å². The molecule has 162 valence electrons. The van der Waals surface area contributed by atoms with Crippen molar-refractivity contribution < 1.29 is 19.1 Å². The number of methoxy groups -OCH3 is 1. The van der Waals surface area contributed by atoms with Gasteiger partial charge in [0.1, 0.15) is 12.6 Å². The van der Waals surface area contributed by atoms with Gasteiger partial charge in [0.25, 0.3) is 0 Å². The molecule has 30 heavy (non-hydrogen) atoms. The van der Waals surface area contributed by atoms with E-state index in [1.807, 2.05) is 60.7 Å². The quantitative estimate of drug-likeness (QED) is 0.551. The van der Waals surface area contributed by atoms with Crippen molar-refractivity contribution in [3.63, 3.8) is 0 Å². The second-order valence-corrected chi connectivity index (χ2v) is 7.71. The average molecular weight is 413 g/mol. The van der Waals surface area contributed by atoms with Gasteiger partial charge < -0.3 is 20.1 Å². The van der Waals surface area contributed by atoms with Crippen molar-refractivity contribution in [3.8, 4) is 0 Å². The van der Waals surface area contributed by atoms with Gasteiger partial charge in [-0.2, -0.15) is 0 Å². The lowest BCUT2D eigenvalue weighted by Gasteiger charge is -2.23. The maximum Gasteiger partial charge on any atom is 0.407 e. The predicted octanol–water partition coefficient (Wildman–Crippen LogP) is 3.70. The largest absolute Gasteiger partial charge is 0.468 e. The number of hydrogen-bond donors (Lipinski definition) is 2. The number of benzene rings is 2. The van der Waals surface area contributed by atoms with Crippen molar-refractivity contribution in [3.05, 3.63) is 71.8 Å². The summed E-state index contributed by atoms with van der Waals surface area (Å²) in [5.41, 5.74) is 2.01. The van der Waals surface area contributed by atoms with E-state index in [-0.39, 0.29) is 18.6 Å². The number of amides is 1. The van der Waals surface area contributed by atoms with Crippen LogP contribution in [0.5, 0.6) is 0 Å². The Morgan fingerprint density at radius 3 is 2.10 bits per heavy atom. The normalized spacial score (nSPS) is 12.8. The van der Waals surface area contributed by atoms with E-state index in [0.717, 1.165) is 11.1 Å². The fraction of sp³-hybridized carbons (Fsp3) is 0.417. The number of carbonyl (C=O) groups excluding carboxylic acids is 2. The van der Waals surface area contributed by atoms with Crippen LogP contribution in [0, 0.1) is 5.92 Å². The fourth-order valence-electron chi connectivity index (χ4n) is 3.17. The van der Waals surface area contributed by atoms with E-state index >= 15 is 0 Å². The van der Waals surface area contributed by atoms with Crippen molar-refractivity contribution in [2.45, 2.75) is 45.4 Å². The number of hydrogen-bond acceptors (Lipinski definition) is 5. The summed E-state index contributed by atoms with van der Waals surface area (Å²) in [4.78, 5) is 24.5. The van der Waals surface area contributed by atoms with Crippen molar-refractivity contribution in [2.75, 3.05) is 13.7 Å². The number of ether oxygens (including phenoxy) is 2. The third-order valence-electron chi connectivity index (χ3n) is 4.66. The topological polar surface area (TPSA) is 76.7 Å². The number of carbonyl (C=O) groups is 2. The van der Waals surface area contributed by atoms with Crippen LogP contribution in [0.4, 0.5) is 4.79 Å². The Kier molecular flexibility index (Phi) is 9.87. The molecular formula is C24H32N2O4. The maximum absolute atomic E-state index is 12.4. The molecule has 0 aliphatic heterocycles. The van der Waals surface area contributed by atoms with Crippen LogP contribution in [0.2, 0.25) is 0 Å². The first-order chi connectivity index (χ1) is 14.5. The lowest BCUT2D eigenvalue weighted by Crippen LogP contribution is -2.48. The molecular weight excluding hydrogens is 380 g/mol. The molecule has 0 radical (unpaired) electrons. The zero-order valence-electron chi connectivity index (χ0n) is 18.0. The molecule has 0 aromatic heterocycles. The summed E-state index contributed by atoms with van der Waals surface area (Å²) in [5.74, 6) is 0.0341. The highest BCUT2D eigenvalue weighted by molar-refractivity contribution is 5.75. The molecule has 0 spiro atoms. The molecule has 0 saturated carbocycles. The maximum atomic E-state index is 12.4. The van der Waals surface area contributed by atoms with E-state index in [2.05, 4.69) is 24.5 Å². The monoisotopic (exact) mass is 412 g/mol. The summed E-state index contributed by atoms with van der Waals surface area (Å²) in [5, 5.41) is 6.18. The molecule has 0 bridgehead atoms. The van der Waals surface area contributed by atoms with Gasteiger partial charge in [-0.3, -0.25) is 4.79 Å². The van der Waals surface area contributed by atoms with E-state index in [1.54, 1.807) is 0 Å². The highest BCUT2D eigenvalue weighted by Crippen LogP contribution is 2.08. The number of rotatable bonds is 11. The summed E-state index contributed by atoms with van der Waals surface area (Å²) in [6.45, 7) is 4.73. The fourth-order valence-corrected chi connectivity index (χ4v) is 3.17. The Labute approximate surface area is 179 Å². The van der Waals surface area contributed by atoms with E-state index in [9.17, 15) is 9.59 Å². The van der Waals surface area contributed by atoms with Gasteiger partial charge in [0.05, 0.1) is 7.11 Å². The highest BCUT2D eigenvalue weighted by Gasteiger charge is 2.22. The minimum atomic E-state index is -0.486. The third-order valence-corrected chi connectivity index (χ3v) is 4.66. The van der Waals surface area contributed by atoms with Crippen LogP contribution in [0.25, 0.3) is 0 Å². The van der Waals surface area contributed by atoms with Crippen LogP contribution in [-0.2, 0) is 27.3 Å². The average Bonchev–Trinajstić information content (AvgIpc) is 2.75. The Hall–Kier alpha value is -2.86. The van der Waals surface area contributed by atoms with E-state index < -0.39 is 12.1 Å². The zero-order valence-corrected chi connectivity index (χ0v) is 18.0. The van der Waals surface area contributed by atoms with E-state index in [4.69, 9.17) is 9.47 Å². The Morgan fingerprint density at radius 1 is 0.933 bits per heavy atom. The summed E-state index contributed by atoms with van der Waals surface area (Å²) in [6, 6.07) is 18.8. The number of nitrogens with one attached hydrogen (secondary N) is 2. The number of esters is 1. The molecule has 2 atom stereocenters. The SMILES string of the molecule is COC(=O)[C@H](CC(C)C)NC[C@H](Cc1ccccc1)NC(=O)OCc1ccccc1. The van der Waals surface area contributed by atoms with Crippen LogP contribution in [0.1, 0.15) is 31.4 Å². The summed E-state index contributed by atoms with van der Waals surface area (Å²) >= 11 is 0. The molecule has 2 N–H and O–H groups in total. The van der Waals surface area contributed by atoms with Crippen molar-refractivity contribution in [2.24, 2.45) is 5.92 Å². The zero-order chi connectivity index (χ0) is 21.8. The summed E-state index contributed by atoms with van der Waals surface area (Å²) < 4.78 is 10.3. The second kappa shape index (κ2) is 12.6. The van der Waals surface area contributed by atoms with Crippen LogP contribution in [0.3, 0.4) is 0 Å². The van der Waals surface area contributed by atoms with Crippen LogP contribution < -0.4 is 10.6 Å². The molecule has 2 aromatic carbocycles. The molecule has 6 nitrogen and oxygen atoms in total. The van der Waals surface area contributed by atoms with E-state index in [1.165, 1.54) is 7.11 Å². The molecule has 0 fully saturated rings. The molecule has 6 heteroatoms. The van der Waals surface area contributed by atoms with Crippen LogP contribution in [-0.4, -0.2) is 37.8 Å². The Balaban J connectivity index is 1.98. The van der Waals surface area contributed by atoms with E-state index in [0.29, 0.717) is 25.3 Å². The lowest BCUT2D eigenvalue weighted by molar-refractivity contribution is -0.143. The highest BCUT2D eigenvalue weighted by atomic mass is 16.5. The number of alkyl carbamates (subject to hydrolysis) is 1. The van der Waals surface area contributed by atoms with Gasteiger partial charge in [-0.25, -0.2) is 4.79 Å². The Morgan fingerprint density at radius 2 is 1.53 bits per heavy atom. The summed E-state index contributed by atoms with van der Waals surface area (Å²) in [7, 11) is 1.39. The smallest absolute Gasteiger partial charge is 0.407 e. The Bertz CT molecular complexity index is 765. The van der Waals surface area contributed by atoms with Gasteiger partial charge in [0.15, 0.2) is 0 Å². The van der Waals surface area contributed by atoms with Crippen LogP contribution >= 0.6 is 0 Å². The minimum absolute atomic E-state index is 0.205. The predicted molar refractivity (Wildman–Crippen MR) is 117 cm³/mol. The van der Waals surface area contributed by atoms with Crippen LogP contribution in [0.15, 0.2) is 60.7 Å². The van der Waals surface area contributed by atoms with Crippen molar-refractivity contribution in [1.29, 1.82) is 0 Å². The molecule has 0 aliphatic carbocycles. The van der Waals surface area contributed by atoms with Gasteiger partial charge in [-0.05, 0) is 29.9 Å². The first-order valence-electron chi connectivity index (χ1n) is 10.3. The standard InChI is InChI=1S/C24H32N2O4/c1-18(2)14-22(23(27)29-3)25-16-21(15-19-10-6-4-7-11-19)26-24(28)30-17-20-12-8-5-9-13-20/h4-13,18,21-22,25H,14-17H2,1-3H3,(H,26,28)/t21-,22-/m0/s1. The van der Waals surface area contributed by atoms with Gasteiger partial charge in [-0.15, -0.1) is 0 Å². The first kappa shape index (κ1) is 23.4. The lowest BCUT2D eigenvalue weighted by atomic mass is 10.0. The van der Waals surface area contributed by atoms with Gasteiger partial charge in [0.2, 0.25) is 0 Å². The first-order valence-corrected chi connectivity index (χ1v) is 10.3. The molecule has 2 rings (SSSR count). The third kappa shape index (κ3) is 8.66. The molecule has 0 heterocycles. The minimum Gasteiger partial charge on any atom is -0.468 e. The molecule has 0 aliphatic rings. The van der Waals surface area contributed by atoms with Gasteiger partial charge >= 0.3 is 12.1 Å². The molecule has 1 amide bonds. The van der Waals surface area contributed by atoms with Gasteiger partial charge in [0, 0.05) is 12.6 Å². The summed E-state index contributed by atoms with van der Waals surface area (Å²) in [6.07, 6.45) is 0.785. The van der Waals surface area contributed by atoms with Gasteiger partial charge in [-0.1, -0.05) is 74.5 Å².